The maximum atomic E-state index is 9.49. The van der Waals surface area contributed by atoms with Gasteiger partial charge in [-0.3, -0.25) is 16.4 Å². The SMILES string of the molecule is NNC(N)NC=O. The third-order valence-electron chi connectivity index (χ3n) is 0.427. The first kappa shape index (κ1) is 6.35. The zero-order valence-electron chi connectivity index (χ0n) is 3.72. The Bertz CT molecular complexity index is 55.7. The fraction of sp³-hybridized carbons (Fsp3) is 0.500. The monoisotopic (exact) mass is 104 g/mol. The van der Waals surface area contributed by atoms with Crippen molar-refractivity contribution in [1.82, 2.24) is 10.7 Å². The number of hydrogen-bond acceptors (Lipinski definition) is 4. The first-order chi connectivity index (χ1) is 3.31. The van der Waals surface area contributed by atoms with Gasteiger partial charge in [-0.25, -0.2) is 5.43 Å². The Morgan fingerprint density at radius 1 is 1.71 bits per heavy atom. The lowest BCUT2D eigenvalue weighted by Crippen LogP contribution is -2.51. The molecule has 0 radical (unpaired) electrons. The first-order valence-electron chi connectivity index (χ1n) is 1.72. The van der Waals surface area contributed by atoms with Crippen LogP contribution in [-0.2, 0) is 4.79 Å². The van der Waals surface area contributed by atoms with Crippen LogP contribution in [0.1, 0.15) is 0 Å². The van der Waals surface area contributed by atoms with Crippen LogP contribution < -0.4 is 22.3 Å². The highest BCUT2D eigenvalue weighted by molar-refractivity contribution is 5.46. The summed E-state index contributed by atoms with van der Waals surface area (Å²) < 4.78 is 0. The Morgan fingerprint density at radius 2 is 2.29 bits per heavy atom. The average Bonchev–Trinajstić information content (AvgIpc) is 1.68. The number of amides is 1. The molecule has 0 aromatic heterocycles. The lowest BCUT2D eigenvalue weighted by Gasteiger charge is -2.05. The van der Waals surface area contributed by atoms with Crippen molar-refractivity contribution in [3.8, 4) is 0 Å². The predicted octanol–water partition coefficient (Wildman–Crippen LogP) is -2.56. The highest BCUT2D eigenvalue weighted by atomic mass is 16.1. The van der Waals surface area contributed by atoms with Gasteiger partial charge in [0.15, 0.2) is 0 Å². The van der Waals surface area contributed by atoms with Crippen LogP contribution in [0.2, 0.25) is 0 Å². The van der Waals surface area contributed by atoms with Crippen LogP contribution in [0.15, 0.2) is 0 Å². The minimum Gasteiger partial charge on any atom is -0.330 e. The largest absolute Gasteiger partial charge is 0.330 e. The van der Waals surface area contributed by atoms with Crippen molar-refractivity contribution in [1.29, 1.82) is 0 Å². The molecule has 1 amide bonds. The van der Waals surface area contributed by atoms with E-state index in [4.69, 9.17) is 11.6 Å². The van der Waals surface area contributed by atoms with Crippen molar-refractivity contribution in [2.24, 2.45) is 11.6 Å². The number of hydrazine groups is 1. The first-order valence-corrected chi connectivity index (χ1v) is 1.72. The number of carbonyl (C=O) groups excluding carboxylic acids is 1. The van der Waals surface area contributed by atoms with Crippen molar-refractivity contribution in [3.63, 3.8) is 0 Å². The molecular formula is C2H8N4O. The third-order valence-corrected chi connectivity index (χ3v) is 0.427. The number of carbonyl (C=O) groups is 1. The maximum absolute atomic E-state index is 9.49. The fourth-order valence-corrected chi connectivity index (χ4v) is 0.121. The molecule has 1 unspecified atom stereocenters. The van der Waals surface area contributed by atoms with Gasteiger partial charge in [0.25, 0.3) is 0 Å². The Balaban J connectivity index is 2.98. The van der Waals surface area contributed by atoms with E-state index in [0.29, 0.717) is 6.41 Å². The van der Waals surface area contributed by atoms with E-state index in [-0.39, 0.29) is 0 Å². The summed E-state index contributed by atoms with van der Waals surface area (Å²) in [5, 5.41) is 2.16. The van der Waals surface area contributed by atoms with E-state index >= 15 is 0 Å². The summed E-state index contributed by atoms with van der Waals surface area (Å²) in [5.41, 5.74) is 7.11. The maximum Gasteiger partial charge on any atom is 0.209 e. The lowest BCUT2D eigenvalue weighted by molar-refractivity contribution is -0.110. The number of rotatable bonds is 3. The van der Waals surface area contributed by atoms with Crippen LogP contribution in [0.25, 0.3) is 0 Å². The number of nitrogens with one attached hydrogen (secondary N) is 2. The van der Waals surface area contributed by atoms with Gasteiger partial charge in [-0.05, 0) is 0 Å². The molecule has 42 valence electrons. The van der Waals surface area contributed by atoms with Crippen LogP contribution in [-0.4, -0.2) is 12.7 Å². The molecule has 0 fully saturated rings. The Morgan fingerprint density at radius 3 is 2.43 bits per heavy atom. The second-order valence-electron chi connectivity index (χ2n) is 0.929. The quantitative estimate of drug-likeness (QED) is 0.137. The standard InChI is InChI=1S/C2H8N4O/c3-2(6-4)5-1-7/h1-2,6H,3-4H2,(H,5,7). The van der Waals surface area contributed by atoms with Gasteiger partial charge in [0.05, 0.1) is 0 Å². The highest BCUT2D eigenvalue weighted by Gasteiger charge is 1.88. The summed E-state index contributed by atoms with van der Waals surface area (Å²) in [6, 6.07) is 0. The molecule has 5 heteroatoms. The Kier molecular flexibility index (Phi) is 3.21. The summed E-state index contributed by atoms with van der Waals surface area (Å²) in [4.78, 5) is 9.49. The van der Waals surface area contributed by atoms with Gasteiger partial charge >= 0.3 is 0 Å². The summed E-state index contributed by atoms with van der Waals surface area (Å²) in [5.74, 6) is 4.76. The average molecular weight is 104 g/mol. The second-order valence-corrected chi connectivity index (χ2v) is 0.929. The summed E-state index contributed by atoms with van der Waals surface area (Å²) in [6.07, 6.45) is -0.178. The van der Waals surface area contributed by atoms with Crippen LogP contribution >= 0.6 is 0 Å². The summed E-state index contributed by atoms with van der Waals surface area (Å²) in [7, 11) is 0. The molecule has 7 heavy (non-hydrogen) atoms. The smallest absolute Gasteiger partial charge is 0.209 e. The molecule has 0 saturated carbocycles. The molecule has 0 bridgehead atoms. The van der Waals surface area contributed by atoms with Crippen LogP contribution in [0.4, 0.5) is 0 Å². The van der Waals surface area contributed by atoms with E-state index in [1.165, 1.54) is 0 Å². The minimum atomic E-state index is -0.641. The van der Waals surface area contributed by atoms with Gasteiger partial charge in [0, 0.05) is 0 Å². The van der Waals surface area contributed by atoms with Gasteiger partial charge in [0.1, 0.15) is 6.29 Å². The van der Waals surface area contributed by atoms with Crippen molar-refractivity contribution in [2.75, 3.05) is 0 Å². The topological polar surface area (TPSA) is 93.2 Å². The molecule has 0 aliphatic heterocycles. The predicted molar refractivity (Wildman–Crippen MR) is 24.5 cm³/mol. The molecule has 0 aromatic rings. The van der Waals surface area contributed by atoms with Gasteiger partial charge in [-0.15, -0.1) is 0 Å². The zero-order chi connectivity index (χ0) is 5.70. The molecule has 0 rings (SSSR count). The van der Waals surface area contributed by atoms with Crippen molar-refractivity contribution in [2.45, 2.75) is 6.29 Å². The van der Waals surface area contributed by atoms with E-state index in [9.17, 15) is 4.79 Å². The number of hydrogen-bond donors (Lipinski definition) is 4. The molecule has 0 aliphatic rings. The molecule has 0 saturated heterocycles. The fourth-order valence-electron chi connectivity index (χ4n) is 0.121. The third kappa shape index (κ3) is 3.17. The van der Waals surface area contributed by atoms with E-state index in [2.05, 4.69) is 10.7 Å². The van der Waals surface area contributed by atoms with E-state index in [1.54, 1.807) is 0 Å². The normalized spacial score (nSPS) is 12.9. The second kappa shape index (κ2) is 3.54. The van der Waals surface area contributed by atoms with Crippen LogP contribution in [0, 0.1) is 0 Å². The molecule has 0 heterocycles. The van der Waals surface area contributed by atoms with E-state index < -0.39 is 6.29 Å². The van der Waals surface area contributed by atoms with Gasteiger partial charge in [-0.1, -0.05) is 0 Å². The Labute approximate surface area is 41.0 Å². The summed E-state index contributed by atoms with van der Waals surface area (Å²) in [6.45, 7) is 0. The van der Waals surface area contributed by atoms with E-state index in [0.717, 1.165) is 0 Å². The lowest BCUT2D eigenvalue weighted by atomic mass is 10.9. The van der Waals surface area contributed by atoms with Gasteiger partial charge in [-0.2, -0.15) is 0 Å². The van der Waals surface area contributed by atoms with Gasteiger partial charge in [0.2, 0.25) is 6.41 Å². The highest BCUT2D eigenvalue weighted by Crippen LogP contribution is 1.46. The number of nitrogens with two attached hydrogens (primary N) is 2. The molecule has 0 aromatic carbocycles. The van der Waals surface area contributed by atoms with Crippen LogP contribution in [0.3, 0.4) is 0 Å². The molecule has 1 atom stereocenters. The Hall–Kier alpha value is -0.650. The molecule has 6 N–H and O–H groups in total. The summed E-state index contributed by atoms with van der Waals surface area (Å²) >= 11 is 0. The van der Waals surface area contributed by atoms with Crippen molar-refractivity contribution in [3.05, 3.63) is 0 Å². The minimum absolute atomic E-state index is 0.463. The van der Waals surface area contributed by atoms with Crippen molar-refractivity contribution >= 4 is 6.41 Å². The van der Waals surface area contributed by atoms with E-state index in [1.807, 2.05) is 0 Å². The molecule has 0 spiro atoms. The molecule has 5 nitrogen and oxygen atoms in total. The molecule has 0 aliphatic carbocycles. The van der Waals surface area contributed by atoms with Gasteiger partial charge < -0.3 is 5.32 Å². The molecular weight excluding hydrogens is 96.0 g/mol. The van der Waals surface area contributed by atoms with Crippen LogP contribution in [0.5, 0.6) is 0 Å². The van der Waals surface area contributed by atoms with Crippen molar-refractivity contribution < 1.29 is 4.79 Å². The zero-order valence-corrected chi connectivity index (χ0v) is 3.72.